The van der Waals surface area contributed by atoms with Gasteiger partial charge in [-0.1, -0.05) is 0 Å². The minimum Gasteiger partial charge on any atom is -0.487 e. The maximum absolute atomic E-state index is 12.8. The van der Waals surface area contributed by atoms with Crippen LogP contribution in [0.2, 0.25) is 0 Å². The second kappa shape index (κ2) is 4.58. The number of fused-ring (bicyclic) bond motifs is 1. The summed E-state index contributed by atoms with van der Waals surface area (Å²) in [5, 5.41) is 0. The first kappa shape index (κ1) is 15.5. The summed E-state index contributed by atoms with van der Waals surface area (Å²) in [6.07, 6.45) is -3.24. The van der Waals surface area contributed by atoms with Gasteiger partial charge < -0.3 is 8.92 Å². The highest BCUT2D eigenvalue weighted by Gasteiger charge is 2.50. The molecule has 0 N–H and O–H groups in total. The van der Waals surface area contributed by atoms with Crippen molar-refractivity contribution in [3.63, 3.8) is 0 Å². The molecule has 0 aromatic heterocycles. The van der Waals surface area contributed by atoms with Crippen LogP contribution in [-0.4, -0.2) is 31.7 Å². The van der Waals surface area contributed by atoms with E-state index in [1.54, 1.807) is 0 Å². The molecule has 12 heteroatoms. The Hall–Kier alpha value is -1.85. The van der Waals surface area contributed by atoms with Gasteiger partial charge in [-0.05, 0) is 6.08 Å². The lowest BCUT2D eigenvalue weighted by Gasteiger charge is -2.27. The summed E-state index contributed by atoms with van der Waals surface area (Å²) in [4.78, 5) is -0.392. The topological polar surface area (TPSA) is 55.8 Å². The number of nitrogens with zero attached hydrogens (tertiary/aromatic N) is 1. The molecule has 118 valence electrons. The summed E-state index contributed by atoms with van der Waals surface area (Å²) in [5.41, 5.74) is -6.22. The molecule has 0 aliphatic carbocycles. The van der Waals surface area contributed by atoms with Gasteiger partial charge in [0.25, 0.3) is 0 Å². The molecule has 0 atom stereocenters. The summed E-state index contributed by atoms with van der Waals surface area (Å²) in [5.74, 6) is -1.61. The van der Waals surface area contributed by atoms with Gasteiger partial charge in [0, 0.05) is 6.08 Å². The van der Waals surface area contributed by atoms with Gasteiger partial charge in [0.2, 0.25) is 0 Å². The van der Waals surface area contributed by atoms with Gasteiger partial charge in [-0.3, -0.25) is 4.90 Å². The van der Waals surface area contributed by atoms with Crippen molar-refractivity contribution in [3.8, 4) is 0 Å². The zero-order valence-corrected chi connectivity index (χ0v) is 10.5. The lowest BCUT2D eigenvalue weighted by atomic mass is 10.2. The Morgan fingerprint density at radius 2 is 1.81 bits per heavy atom. The first-order valence-corrected chi connectivity index (χ1v) is 6.46. The molecule has 5 nitrogen and oxygen atoms in total. The van der Waals surface area contributed by atoms with Crippen molar-refractivity contribution in [3.05, 3.63) is 35.6 Å². The van der Waals surface area contributed by atoms with Gasteiger partial charge in [-0.15, -0.1) is 13.2 Å². The third kappa shape index (κ3) is 2.94. The number of halogens is 6. The highest BCUT2D eigenvalue weighted by Crippen LogP contribution is 2.38. The fraction of sp³-hybridized carbons (Fsp3) is 0.333. The summed E-state index contributed by atoms with van der Waals surface area (Å²) in [6.45, 7) is -0.235. The van der Waals surface area contributed by atoms with Crippen molar-refractivity contribution in [2.24, 2.45) is 0 Å². The summed E-state index contributed by atoms with van der Waals surface area (Å²) in [6, 6.07) is 0. The molecule has 2 rings (SSSR count). The zero-order chi connectivity index (χ0) is 16.1. The first-order chi connectivity index (χ1) is 9.42. The molecule has 0 radical (unpaired) electrons. The zero-order valence-electron chi connectivity index (χ0n) is 9.70. The molecule has 0 unspecified atom stereocenters. The molecule has 0 spiro atoms. The number of hydrogen-bond donors (Lipinski definition) is 0. The van der Waals surface area contributed by atoms with Gasteiger partial charge in [-0.2, -0.15) is 21.6 Å². The van der Waals surface area contributed by atoms with E-state index < -0.39 is 44.0 Å². The van der Waals surface area contributed by atoms with Crippen molar-refractivity contribution >= 4 is 10.1 Å². The van der Waals surface area contributed by atoms with E-state index in [0.29, 0.717) is 6.08 Å². The normalized spacial score (nSPS) is 19.3. The number of rotatable bonds is 2. The van der Waals surface area contributed by atoms with Gasteiger partial charge in [0.05, 0.1) is 11.9 Å². The third-order valence-electron chi connectivity index (χ3n) is 2.32. The second-order valence-electron chi connectivity index (χ2n) is 3.76. The first-order valence-electron chi connectivity index (χ1n) is 5.05. The van der Waals surface area contributed by atoms with Crippen LogP contribution in [0, 0.1) is 0 Å². The van der Waals surface area contributed by atoms with E-state index in [4.69, 9.17) is 4.74 Å². The summed E-state index contributed by atoms with van der Waals surface area (Å²) >= 11 is 0. The number of allylic oxidation sites excluding steroid dienone is 1. The van der Waals surface area contributed by atoms with Gasteiger partial charge in [-0.25, -0.2) is 0 Å². The van der Waals surface area contributed by atoms with Gasteiger partial charge >= 0.3 is 21.9 Å². The SMILES string of the molecule is O=S(=O)(OC1=CN(C(F)(F)F)C2=CCOC2=C1)C(F)(F)F. The Morgan fingerprint density at radius 1 is 1.19 bits per heavy atom. The molecule has 0 amide bonds. The van der Waals surface area contributed by atoms with Crippen LogP contribution in [0.4, 0.5) is 26.3 Å². The van der Waals surface area contributed by atoms with Crippen molar-refractivity contribution < 1.29 is 43.7 Å². The molecule has 0 saturated heterocycles. The van der Waals surface area contributed by atoms with E-state index in [1.807, 2.05) is 0 Å². The lowest BCUT2D eigenvalue weighted by molar-refractivity contribution is -0.215. The van der Waals surface area contributed by atoms with Crippen LogP contribution >= 0.6 is 0 Å². The van der Waals surface area contributed by atoms with E-state index in [2.05, 4.69) is 4.18 Å². The van der Waals surface area contributed by atoms with E-state index >= 15 is 0 Å². The Balaban J connectivity index is 2.37. The molecule has 2 aliphatic heterocycles. The van der Waals surface area contributed by atoms with E-state index in [9.17, 15) is 34.8 Å². The van der Waals surface area contributed by atoms with Gasteiger partial charge in [0.15, 0.2) is 5.76 Å². The van der Waals surface area contributed by atoms with Crippen LogP contribution in [-0.2, 0) is 19.0 Å². The monoisotopic (exact) mass is 337 g/mol. The summed E-state index contributed by atoms with van der Waals surface area (Å²) in [7, 11) is -6.08. The second-order valence-corrected chi connectivity index (χ2v) is 5.30. The number of hydrogen-bond acceptors (Lipinski definition) is 5. The largest absolute Gasteiger partial charge is 0.534 e. The smallest absolute Gasteiger partial charge is 0.487 e. The van der Waals surface area contributed by atoms with Crippen molar-refractivity contribution in [1.29, 1.82) is 0 Å². The van der Waals surface area contributed by atoms with Crippen LogP contribution < -0.4 is 0 Å². The number of ether oxygens (including phenoxy) is 1. The molecule has 2 heterocycles. The fourth-order valence-electron chi connectivity index (χ4n) is 1.51. The van der Waals surface area contributed by atoms with E-state index in [1.165, 1.54) is 0 Å². The Bertz CT molecular complexity index is 642. The van der Waals surface area contributed by atoms with Crippen LogP contribution in [0.15, 0.2) is 35.6 Å². The maximum Gasteiger partial charge on any atom is 0.534 e. The van der Waals surface area contributed by atoms with Gasteiger partial charge in [0.1, 0.15) is 12.4 Å². The molecule has 2 aliphatic rings. The minimum absolute atomic E-state index is 0.0906. The molecule has 0 saturated carbocycles. The standard InChI is InChI=1S/C9H5F6NO4S/c10-8(11,12)16-4-5(3-7-6(16)1-2-19-7)20-21(17,18)9(13,14)15/h1,3-4H,2H2. The summed E-state index contributed by atoms with van der Waals surface area (Å²) < 4.78 is 105. The predicted molar refractivity (Wildman–Crippen MR) is 54.2 cm³/mol. The average molecular weight is 337 g/mol. The molecular formula is C9H5F6NO4S. The highest BCUT2D eigenvalue weighted by molar-refractivity contribution is 7.87. The minimum atomic E-state index is -6.08. The predicted octanol–water partition coefficient (Wildman–Crippen LogP) is 2.33. The number of alkyl halides is 6. The fourth-order valence-corrected chi connectivity index (χ4v) is 1.95. The molecule has 0 aromatic carbocycles. The molecule has 21 heavy (non-hydrogen) atoms. The molecular weight excluding hydrogens is 332 g/mol. The lowest BCUT2D eigenvalue weighted by Crippen LogP contribution is -2.35. The Kier molecular flexibility index (Phi) is 3.39. The maximum atomic E-state index is 12.8. The van der Waals surface area contributed by atoms with E-state index in [0.717, 1.165) is 6.08 Å². The third-order valence-corrected chi connectivity index (χ3v) is 3.30. The van der Waals surface area contributed by atoms with Crippen LogP contribution in [0.25, 0.3) is 0 Å². The average Bonchev–Trinajstić information content (AvgIpc) is 2.72. The van der Waals surface area contributed by atoms with Crippen molar-refractivity contribution in [2.45, 2.75) is 11.8 Å². The molecule has 0 aromatic rings. The van der Waals surface area contributed by atoms with Crippen molar-refractivity contribution in [1.82, 2.24) is 4.90 Å². The Labute approximate surface area is 113 Å². The quantitative estimate of drug-likeness (QED) is 0.335. The van der Waals surface area contributed by atoms with E-state index in [-0.39, 0.29) is 12.8 Å². The van der Waals surface area contributed by atoms with Crippen LogP contribution in [0.1, 0.15) is 0 Å². The van der Waals surface area contributed by atoms with Crippen LogP contribution in [0.3, 0.4) is 0 Å². The van der Waals surface area contributed by atoms with Crippen molar-refractivity contribution in [2.75, 3.05) is 6.61 Å². The molecule has 0 bridgehead atoms. The van der Waals surface area contributed by atoms with Crippen LogP contribution in [0.5, 0.6) is 0 Å². The highest BCUT2D eigenvalue weighted by atomic mass is 32.2. The Morgan fingerprint density at radius 3 is 2.33 bits per heavy atom. The molecule has 0 fully saturated rings.